The largest absolute Gasteiger partial charge is 0.494 e. The van der Waals surface area contributed by atoms with Crippen molar-refractivity contribution in [2.24, 2.45) is 0 Å². The van der Waals surface area contributed by atoms with Crippen molar-refractivity contribution in [1.29, 1.82) is 0 Å². The molecule has 1 aromatic carbocycles. The van der Waals surface area contributed by atoms with Crippen molar-refractivity contribution in [3.63, 3.8) is 0 Å². The van der Waals surface area contributed by atoms with Crippen molar-refractivity contribution < 1.29 is 9.53 Å². The molecule has 2 rings (SSSR count). The van der Waals surface area contributed by atoms with Crippen LogP contribution in [0.3, 0.4) is 0 Å². The van der Waals surface area contributed by atoms with Gasteiger partial charge < -0.3 is 15.9 Å². The third-order valence-corrected chi connectivity index (χ3v) is 4.35. The Morgan fingerprint density at radius 3 is 2.67 bits per heavy atom. The maximum atomic E-state index is 12.3. The van der Waals surface area contributed by atoms with Crippen molar-refractivity contribution >= 4 is 23.4 Å². The second-order valence-electron chi connectivity index (χ2n) is 5.23. The number of nitrogen functional groups attached to an aromatic ring is 1. The van der Waals surface area contributed by atoms with Gasteiger partial charge in [-0.1, -0.05) is 18.7 Å². The summed E-state index contributed by atoms with van der Waals surface area (Å²) in [6.07, 6.45) is 1.70. The summed E-state index contributed by atoms with van der Waals surface area (Å²) < 4.78 is 6.83. The molecule has 0 unspecified atom stereocenters. The molecular weight excluding hydrogens is 326 g/mol. The second kappa shape index (κ2) is 8.58. The smallest absolute Gasteiger partial charge is 0.237 e. The fraction of sp³-hybridized carbons (Fsp3) is 0.438. The lowest BCUT2D eigenvalue weighted by Crippen LogP contribution is -2.23. The number of carbonyl (C=O) groups excluding carboxylic acids is 1. The standard InChI is InChI=1S/C16H23N5O2S/c1-4-6-14-19-20-16(21(14)17)24-11(3)15(22)18-12-7-9-13(10-8-12)23-5-2/h7-11H,4-6,17H2,1-3H3,(H,18,22)/t11-/m1/s1. The number of hydrogen-bond donors (Lipinski definition) is 2. The minimum atomic E-state index is -0.349. The molecule has 0 saturated heterocycles. The summed E-state index contributed by atoms with van der Waals surface area (Å²) in [6, 6.07) is 7.27. The Kier molecular flexibility index (Phi) is 6.48. The van der Waals surface area contributed by atoms with E-state index in [4.69, 9.17) is 10.6 Å². The summed E-state index contributed by atoms with van der Waals surface area (Å²) >= 11 is 1.28. The van der Waals surface area contributed by atoms with Crippen LogP contribution in [0.15, 0.2) is 29.4 Å². The lowest BCUT2D eigenvalue weighted by molar-refractivity contribution is -0.115. The zero-order valence-electron chi connectivity index (χ0n) is 14.2. The summed E-state index contributed by atoms with van der Waals surface area (Å²) in [5, 5.41) is 11.2. The maximum Gasteiger partial charge on any atom is 0.237 e. The molecule has 1 heterocycles. The fourth-order valence-corrected chi connectivity index (χ4v) is 2.83. The number of nitrogens with two attached hydrogens (primary N) is 1. The van der Waals surface area contributed by atoms with E-state index < -0.39 is 0 Å². The molecule has 8 heteroatoms. The number of aromatic nitrogens is 3. The molecule has 1 amide bonds. The predicted molar refractivity (Wildman–Crippen MR) is 95.7 cm³/mol. The maximum absolute atomic E-state index is 12.3. The average molecular weight is 349 g/mol. The SMILES string of the molecule is CCCc1nnc(S[C@H](C)C(=O)Nc2ccc(OCC)cc2)n1N. The second-order valence-corrected chi connectivity index (χ2v) is 6.53. The molecule has 0 spiro atoms. The van der Waals surface area contributed by atoms with Crippen molar-refractivity contribution in [2.75, 3.05) is 17.8 Å². The van der Waals surface area contributed by atoms with Crippen LogP contribution in [0, 0.1) is 0 Å². The Labute approximate surface area is 145 Å². The number of carbonyl (C=O) groups is 1. The predicted octanol–water partition coefficient (Wildman–Crippen LogP) is 2.46. The molecule has 130 valence electrons. The third kappa shape index (κ3) is 4.64. The van der Waals surface area contributed by atoms with Crippen LogP contribution in [0.1, 0.15) is 33.0 Å². The number of benzene rings is 1. The van der Waals surface area contributed by atoms with Gasteiger partial charge in [-0.15, -0.1) is 10.2 Å². The van der Waals surface area contributed by atoms with E-state index in [1.807, 2.05) is 45.0 Å². The molecule has 7 nitrogen and oxygen atoms in total. The van der Waals surface area contributed by atoms with Crippen LogP contribution in [0.2, 0.25) is 0 Å². The first-order chi connectivity index (χ1) is 11.5. The van der Waals surface area contributed by atoms with Gasteiger partial charge in [0.05, 0.1) is 11.9 Å². The average Bonchev–Trinajstić information content (AvgIpc) is 2.90. The van der Waals surface area contributed by atoms with Crippen LogP contribution >= 0.6 is 11.8 Å². The Hall–Kier alpha value is -2.22. The lowest BCUT2D eigenvalue weighted by atomic mass is 10.3. The van der Waals surface area contributed by atoms with E-state index in [1.54, 1.807) is 0 Å². The highest BCUT2D eigenvalue weighted by atomic mass is 32.2. The molecule has 0 bridgehead atoms. The van der Waals surface area contributed by atoms with Crippen LogP contribution in [-0.4, -0.2) is 32.6 Å². The molecule has 3 N–H and O–H groups in total. The topological polar surface area (TPSA) is 95.1 Å². The number of thioether (sulfide) groups is 1. The van der Waals surface area contributed by atoms with E-state index in [1.165, 1.54) is 16.4 Å². The van der Waals surface area contributed by atoms with Crippen LogP contribution < -0.4 is 15.9 Å². The van der Waals surface area contributed by atoms with E-state index >= 15 is 0 Å². The molecule has 0 aliphatic heterocycles. The Balaban J connectivity index is 1.94. The summed E-state index contributed by atoms with van der Waals surface area (Å²) in [5.74, 6) is 7.34. The first-order valence-corrected chi connectivity index (χ1v) is 8.82. The highest BCUT2D eigenvalue weighted by Gasteiger charge is 2.19. The van der Waals surface area contributed by atoms with Crippen molar-refractivity contribution in [2.45, 2.75) is 44.0 Å². The Bertz CT molecular complexity index is 672. The summed E-state index contributed by atoms with van der Waals surface area (Å²) in [4.78, 5) is 12.3. The number of amides is 1. The molecule has 0 radical (unpaired) electrons. The Morgan fingerprint density at radius 1 is 1.33 bits per heavy atom. The van der Waals surface area contributed by atoms with Crippen molar-refractivity contribution in [3.8, 4) is 5.75 Å². The molecular formula is C16H23N5O2S. The molecule has 1 atom stereocenters. The highest BCUT2D eigenvalue weighted by Crippen LogP contribution is 2.23. The number of rotatable bonds is 8. The minimum Gasteiger partial charge on any atom is -0.494 e. The first-order valence-electron chi connectivity index (χ1n) is 7.94. The van der Waals surface area contributed by atoms with Gasteiger partial charge in [0, 0.05) is 12.1 Å². The van der Waals surface area contributed by atoms with Gasteiger partial charge in [-0.3, -0.25) is 4.79 Å². The molecule has 0 fully saturated rings. The number of aryl methyl sites for hydroxylation is 1. The van der Waals surface area contributed by atoms with E-state index in [2.05, 4.69) is 15.5 Å². The molecule has 0 aliphatic rings. The summed E-state index contributed by atoms with van der Waals surface area (Å²) in [6.45, 7) is 6.40. The van der Waals surface area contributed by atoms with Gasteiger partial charge in [0.1, 0.15) is 5.75 Å². The van der Waals surface area contributed by atoms with Crippen LogP contribution in [-0.2, 0) is 11.2 Å². The number of anilines is 1. The number of nitrogens with one attached hydrogen (secondary N) is 1. The quantitative estimate of drug-likeness (QED) is 0.561. The van der Waals surface area contributed by atoms with Gasteiger partial charge in [-0.25, -0.2) is 4.68 Å². The van der Waals surface area contributed by atoms with Gasteiger partial charge in [0.25, 0.3) is 0 Å². The normalized spacial score (nSPS) is 12.0. The highest BCUT2D eigenvalue weighted by molar-refractivity contribution is 8.00. The number of nitrogens with zero attached hydrogens (tertiary/aromatic N) is 3. The molecule has 2 aromatic rings. The van der Waals surface area contributed by atoms with Crippen LogP contribution in [0.5, 0.6) is 5.75 Å². The van der Waals surface area contributed by atoms with Gasteiger partial charge in [0.15, 0.2) is 5.82 Å². The van der Waals surface area contributed by atoms with Gasteiger partial charge >= 0.3 is 0 Å². The van der Waals surface area contributed by atoms with E-state index in [9.17, 15) is 4.79 Å². The minimum absolute atomic E-state index is 0.121. The third-order valence-electron chi connectivity index (χ3n) is 3.29. The fourth-order valence-electron chi connectivity index (χ4n) is 2.04. The first kappa shape index (κ1) is 18.1. The van der Waals surface area contributed by atoms with Gasteiger partial charge in [-0.2, -0.15) is 0 Å². The Morgan fingerprint density at radius 2 is 2.04 bits per heavy atom. The van der Waals surface area contributed by atoms with E-state index in [-0.39, 0.29) is 11.2 Å². The van der Waals surface area contributed by atoms with Gasteiger partial charge in [-0.05, 0) is 44.5 Å². The van der Waals surface area contributed by atoms with Crippen LogP contribution in [0.4, 0.5) is 5.69 Å². The number of hydrogen-bond acceptors (Lipinski definition) is 6. The molecule has 0 aliphatic carbocycles. The molecule has 24 heavy (non-hydrogen) atoms. The van der Waals surface area contributed by atoms with E-state index in [0.29, 0.717) is 11.8 Å². The van der Waals surface area contributed by atoms with Crippen LogP contribution in [0.25, 0.3) is 0 Å². The summed E-state index contributed by atoms with van der Waals surface area (Å²) in [5.41, 5.74) is 0.719. The number of ether oxygens (including phenoxy) is 1. The zero-order chi connectivity index (χ0) is 17.5. The van der Waals surface area contributed by atoms with E-state index in [0.717, 1.165) is 30.1 Å². The molecule has 1 aromatic heterocycles. The van der Waals surface area contributed by atoms with Gasteiger partial charge in [0.2, 0.25) is 11.1 Å². The zero-order valence-corrected chi connectivity index (χ0v) is 15.0. The lowest BCUT2D eigenvalue weighted by Gasteiger charge is -2.12. The molecule has 0 saturated carbocycles. The monoisotopic (exact) mass is 349 g/mol. The summed E-state index contributed by atoms with van der Waals surface area (Å²) in [7, 11) is 0. The van der Waals surface area contributed by atoms with Crippen molar-refractivity contribution in [1.82, 2.24) is 14.9 Å². The van der Waals surface area contributed by atoms with Crippen molar-refractivity contribution in [3.05, 3.63) is 30.1 Å².